The van der Waals surface area contributed by atoms with Gasteiger partial charge in [-0.25, -0.2) is 0 Å². The maximum absolute atomic E-state index is 6.11. The highest BCUT2D eigenvalue weighted by atomic mass is 79.9. The summed E-state index contributed by atoms with van der Waals surface area (Å²) in [6.45, 7) is 7.29. The summed E-state index contributed by atoms with van der Waals surface area (Å²) < 4.78 is 7.18. The number of halogens is 1. The van der Waals surface area contributed by atoms with Crippen molar-refractivity contribution >= 4 is 15.9 Å². The first-order chi connectivity index (χ1) is 10.1. The molecule has 0 heterocycles. The van der Waals surface area contributed by atoms with E-state index in [4.69, 9.17) is 10.5 Å². The summed E-state index contributed by atoms with van der Waals surface area (Å²) in [5, 5.41) is 0. The van der Waals surface area contributed by atoms with Crippen LogP contribution in [0.25, 0.3) is 0 Å². The zero-order valence-electron chi connectivity index (χ0n) is 13.8. The van der Waals surface area contributed by atoms with Crippen LogP contribution >= 0.6 is 15.9 Å². The fourth-order valence-electron chi connectivity index (χ4n) is 2.46. The minimum absolute atomic E-state index is 0.200. The normalized spacial score (nSPS) is 12.4. The fraction of sp³-hybridized carbons (Fsp3) is 0.667. The van der Waals surface area contributed by atoms with Gasteiger partial charge in [-0.3, -0.25) is 0 Å². The maximum atomic E-state index is 6.11. The minimum atomic E-state index is 0.200. The van der Waals surface area contributed by atoms with Crippen LogP contribution in [0.3, 0.4) is 0 Å². The Morgan fingerprint density at radius 3 is 2.52 bits per heavy atom. The highest BCUT2D eigenvalue weighted by Gasteiger charge is 2.12. The molecule has 0 saturated carbocycles. The molecule has 0 radical (unpaired) electrons. The van der Waals surface area contributed by atoms with Crippen LogP contribution in [0.2, 0.25) is 0 Å². The van der Waals surface area contributed by atoms with E-state index in [-0.39, 0.29) is 6.04 Å². The molecule has 0 aliphatic heterocycles. The summed E-state index contributed by atoms with van der Waals surface area (Å²) in [6, 6.07) is 4.47. The van der Waals surface area contributed by atoms with E-state index in [0.29, 0.717) is 0 Å². The molecule has 0 aliphatic carbocycles. The summed E-state index contributed by atoms with van der Waals surface area (Å²) >= 11 is 3.57. The Hall–Kier alpha value is -0.540. The van der Waals surface area contributed by atoms with Crippen molar-refractivity contribution < 1.29 is 4.74 Å². The molecule has 0 bridgehead atoms. The van der Waals surface area contributed by atoms with Gasteiger partial charge in [0.25, 0.3) is 0 Å². The van der Waals surface area contributed by atoms with E-state index in [1.54, 1.807) is 0 Å². The van der Waals surface area contributed by atoms with Gasteiger partial charge in [0.05, 0.1) is 6.61 Å². The summed E-state index contributed by atoms with van der Waals surface area (Å²) in [5.74, 6) is 1.04. The van der Waals surface area contributed by atoms with Gasteiger partial charge in [-0.15, -0.1) is 0 Å². The molecule has 1 atom stereocenters. The molecule has 0 aromatic heterocycles. The van der Waals surface area contributed by atoms with E-state index >= 15 is 0 Å². The highest BCUT2D eigenvalue weighted by Crippen LogP contribution is 2.29. The van der Waals surface area contributed by atoms with Crippen LogP contribution in [-0.4, -0.2) is 12.6 Å². The van der Waals surface area contributed by atoms with Crippen molar-refractivity contribution in [3.05, 3.63) is 27.7 Å². The SMILES string of the molecule is CCCCCCCOc1c(C)cc(Br)cc1CC(N)CC. The number of rotatable bonds is 10. The number of unbranched alkanes of at least 4 members (excludes halogenated alkanes) is 4. The molecule has 0 amide bonds. The van der Waals surface area contributed by atoms with Gasteiger partial charge < -0.3 is 10.5 Å². The number of benzene rings is 1. The number of hydrogen-bond acceptors (Lipinski definition) is 2. The summed E-state index contributed by atoms with van der Waals surface area (Å²) in [5.41, 5.74) is 8.53. The van der Waals surface area contributed by atoms with Crippen LogP contribution in [0.15, 0.2) is 16.6 Å². The van der Waals surface area contributed by atoms with Crippen LogP contribution in [0.4, 0.5) is 0 Å². The van der Waals surface area contributed by atoms with Crippen LogP contribution in [-0.2, 0) is 6.42 Å². The molecule has 1 rings (SSSR count). The molecule has 0 saturated heterocycles. The quantitative estimate of drug-likeness (QED) is 0.571. The molecule has 0 fully saturated rings. The second kappa shape index (κ2) is 10.2. The van der Waals surface area contributed by atoms with E-state index in [1.807, 2.05) is 0 Å². The lowest BCUT2D eigenvalue weighted by Gasteiger charge is -2.17. The molecule has 1 aromatic rings. The average molecular weight is 356 g/mol. The van der Waals surface area contributed by atoms with Gasteiger partial charge in [-0.2, -0.15) is 0 Å². The molecule has 3 heteroatoms. The molecule has 2 nitrogen and oxygen atoms in total. The smallest absolute Gasteiger partial charge is 0.125 e. The molecule has 120 valence electrons. The van der Waals surface area contributed by atoms with Gasteiger partial charge in [0.2, 0.25) is 0 Å². The number of nitrogens with two attached hydrogens (primary N) is 1. The lowest BCUT2D eigenvalue weighted by molar-refractivity contribution is 0.299. The average Bonchev–Trinajstić information content (AvgIpc) is 2.44. The van der Waals surface area contributed by atoms with E-state index in [0.717, 1.165) is 36.1 Å². The van der Waals surface area contributed by atoms with Gasteiger partial charge >= 0.3 is 0 Å². The van der Waals surface area contributed by atoms with Crippen LogP contribution in [0.5, 0.6) is 5.75 Å². The van der Waals surface area contributed by atoms with Crippen molar-refractivity contribution in [1.82, 2.24) is 0 Å². The summed E-state index contributed by atoms with van der Waals surface area (Å²) in [6.07, 6.45) is 8.18. The van der Waals surface area contributed by atoms with E-state index < -0.39 is 0 Å². The topological polar surface area (TPSA) is 35.2 Å². The molecule has 1 unspecified atom stereocenters. The highest BCUT2D eigenvalue weighted by molar-refractivity contribution is 9.10. The van der Waals surface area contributed by atoms with Crippen molar-refractivity contribution in [2.45, 2.75) is 71.8 Å². The van der Waals surface area contributed by atoms with Crippen molar-refractivity contribution in [2.24, 2.45) is 5.73 Å². The van der Waals surface area contributed by atoms with Crippen molar-refractivity contribution in [3.63, 3.8) is 0 Å². The summed E-state index contributed by atoms with van der Waals surface area (Å²) in [7, 11) is 0. The lowest BCUT2D eigenvalue weighted by atomic mass is 10.0. The first kappa shape index (κ1) is 18.5. The van der Waals surface area contributed by atoms with Gasteiger partial charge in [0.1, 0.15) is 5.75 Å². The number of aryl methyl sites for hydroxylation is 1. The molecular weight excluding hydrogens is 326 g/mol. The molecular formula is C18H30BrNO. The Morgan fingerprint density at radius 1 is 1.14 bits per heavy atom. The van der Waals surface area contributed by atoms with E-state index in [9.17, 15) is 0 Å². The van der Waals surface area contributed by atoms with Crippen LogP contribution in [0, 0.1) is 6.92 Å². The van der Waals surface area contributed by atoms with Crippen molar-refractivity contribution in [3.8, 4) is 5.75 Å². The van der Waals surface area contributed by atoms with E-state index in [2.05, 4.69) is 48.8 Å². The van der Waals surface area contributed by atoms with Gasteiger partial charge in [-0.1, -0.05) is 55.5 Å². The Balaban J connectivity index is 2.62. The zero-order chi connectivity index (χ0) is 15.7. The second-order valence-electron chi connectivity index (χ2n) is 5.85. The first-order valence-corrected chi connectivity index (χ1v) is 9.05. The number of hydrogen-bond donors (Lipinski definition) is 1. The Bertz CT molecular complexity index is 420. The Morgan fingerprint density at radius 2 is 1.86 bits per heavy atom. The Labute approximate surface area is 138 Å². The van der Waals surface area contributed by atoms with Crippen LogP contribution < -0.4 is 10.5 Å². The third-order valence-corrected chi connectivity index (χ3v) is 4.27. The predicted molar refractivity (Wildman–Crippen MR) is 95.1 cm³/mol. The molecule has 21 heavy (non-hydrogen) atoms. The first-order valence-electron chi connectivity index (χ1n) is 8.25. The zero-order valence-corrected chi connectivity index (χ0v) is 15.3. The van der Waals surface area contributed by atoms with Gasteiger partial charge in [0.15, 0.2) is 0 Å². The standard InChI is InChI=1S/C18H30BrNO/c1-4-6-7-8-9-10-21-18-14(3)11-16(19)12-15(18)13-17(20)5-2/h11-12,17H,4-10,13,20H2,1-3H3. The van der Waals surface area contributed by atoms with Crippen molar-refractivity contribution in [2.75, 3.05) is 6.61 Å². The van der Waals surface area contributed by atoms with Gasteiger partial charge in [0, 0.05) is 10.5 Å². The van der Waals surface area contributed by atoms with E-state index in [1.165, 1.54) is 36.8 Å². The lowest BCUT2D eigenvalue weighted by Crippen LogP contribution is -2.22. The monoisotopic (exact) mass is 355 g/mol. The summed E-state index contributed by atoms with van der Waals surface area (Å²) in [4.78, 5) is 0. The second-order valence-corrected chi connectivity index (χ2v) is 6.76. The fourth-order valence-corrected chi connectivity index (χ4v) is 3.08. The predicted octanol–water partition coefficient (Wildman–Crippen LogP) is 5.39. The molecule has 0 spiro atoms. The Kier molecular flexibility index (Phi) is 9.02. The molecule has 1 aromatic carbocycles. The van der Waals surface area contributed by atoms with Crippen molar-refractivity contribution in [1.29, 1.82) is 0 Å². The number of ether oxygens (including phenoxy) is 1. The van der Waals surface area contributed by atoms with Crippen LogP contribution in [0.1, 0.15) is 63.5 Å². The third kappa shape index (κ3) is 6.84. The maximum Gasteiger partial charge on any atom is 0.125 e. The third-order valence-electron chi connectivity index (χ3n) is 3.82. The molecule has 2 N–H and O–H groups in total. The minimum Gasteiger partial charge on any atom is -0.493 e. The molecule has 0 aliphatic rings. The van der Waals surface area contributed by atoms with Gasteiger partial charge in [-0.05, 0) is 49.4 Å². The largest absolute Gasteiger partial charge is 0.493 e.